The summed E-state index contributed by atoms with van der Waals surface area (Å²) in [7, 11) is 0. The Morgan fingerprint density at radius 3 is 2.80 bits per heavy atom. The Morgan fingerprint density at radius 1 is 1.50 bits per heavy atom. The number of hydrogen-bond donors (Lipinski definition) is 1. The van der Waals surface area contributed by atoms with Crippen molar-refractivity contribution in [3.05, 3.63) is 21.9 Å². The molecule has 0 saturated carbocycles. The van der Waals surface area contributed by atoms with E-state index in [1.165, 1.54) is 11.1 Å². The highest BCUT2D eigenvalue weighted by Crippen LogP contribution is 2.14. The Kier molecular flexibility index (Phi) is 2.90. The molecule has 0 saturated heterocycles. The van der Waals surface area contributed by atoms with Gasteiger partial charge < -0.3 is 5.11 Å². The molecule has 10 heavy (non-hydrogen) atoms. The first-order chi connectivity index (χ1) is 4.84. The summed E-state index contributed by atoms with van der Waals surface area (Å²) in [4.78, 5) is 0. The van der Waals surface area contributed by atoms with Crippen LogP contribution in [0.5, 0.6) is 0 Å². The van der Waals surface area contributed by atoms with E-state index in [-0.39, 0.29) is 0 Å². The highest BCUT2D eigenvalue weighted by molar-refractivity contribution is 7.08. The van der Waals surface area contributed by atoms with E-state index in [2.05, 4.69) is 17.7 Å². The molecule has 1 heterocycles. The van der Waals surface area contributed by atoms with E-state index in [1.807, 2.05) is 0 Å². The fraction of sp³-hybridized carbons (Fsp3) is 0.500. The Balaban J connectivity index is 2.49. The van der Waals surface area contributed by atoms with Crippen molar-refractivity contribution in [1.29, 1.82) is 0 Å². The van der Waals surface area contributed by atoms with Crippen LogP contribution in [0.4, 0.5) is 0 Å². The SMILES string of the molecule is Cc1cscc1CCCO. The van der Waals surface area contributed by atoms with Crippen LogP contribution in [0.2, 0.25) is 0 Å². The van der Waals surface area contributed by atoms with Crippen molar-refractivity contribution in [2.45, 2.75) is 19.8 Å². The molecular formula is C8H12OS. The van der Waals surface area contributed by atoms with E-state index >= 15 is 0 Å². The molecule has 1 N–H and O–H groups in total. The van der Waals surface area contributed by atoms with E-state index in [0.29, 0.717) is 6.61 Å². The highest BCUT2D eigenvalue weighted by atomic mass is 32.1. The van der Waals surface area contributed by atoms with Crippen molar-refractivity contribution in [3.8, 4) is 0 Å². The van der Waals surface area contributed by atoms with Crippen LogP contribution in [0.25, 0.3) is 0 Å². The molecule has 0 unspecified atom stereocenters. The lowest BCUT2D eigenvalue weighted by atomic mass is 10.1. The minimum atomic E-state index is 0.301. The first-order valence-corrected chi connectivity index (χ1v) is 4.41. The Hall–Kier alpha value is -0.340. The number of rotatable bonds is 3. The van der Waals surface area contributed by atoms with E-state index in [1.54, 1.807) is 11.3 Å². The number of aliphatic hydroxyl groups is 1. The predicted octanol–water partition coefficient (Wildman–Crippen LogP) is 1.98. The standard InChI is InChI=1S/C8H12OS/c1-7-5-10-6-8(7)3-2-4-9/h5-6,9H,2-4H2,1H3. The van der Waals surface area contributed by atoms with Crippen LogP contribution in [0.1, 0.15) is 17.5 Å². The van der Waals surface area contributed by atoms with E-state index in [0.717, 1.165) is 12.8 Å². The van der Waals surface area contributed by atoms with Gasteiger partial charge in [-0.25, -0.2) is 0 Å². The zero-order valence-electron chi connectivity index (χ0n) is 6.13. The van der Waals surface area contributed by atoms with Gasteiger partial charge in [-0.15, -0.1) is 0 Å². The van der Waals surface area contributed by atoms with Crippen LogP contribution < -0.4 is 0 Å². The summed E-state index contributed by atoms with van der Waals surface area (Å²) in [5.74, 6) is 0. The predicted molar refractivity (Wildman–Crippen MR) is 44.5 cm³/mol. The fourth-order valence-corrected chi connectivity index (χ4v) is 1.80. The van der Waals surface area contributed by atoms with Crippen molar-refractivity contribution < 1.29 is 5.11 Å². The molecule has 0 radical (unpaired) electrons. The molecule has 0 atom stereocenters. The van der Waals surface area contributed by atoms with Gasteiger partial charge in [-0.1, -0.05) is 0 Å². The summed E-state index contributed by atoms with van der Waals surface area (Å²) in [6.07, 6.45) is 1.91. The van der Waals surface area contributed by atoms with Crippen molar-refractivity contribution >= 4 is 11.3 Å². The molecule has 1 nitrogen and oxygen atoms in total. The Bertz CT molecular complexity index is 193. The zero-order chi connectivity index (χ0) is 7.40. The van der Waals surface area contributed by atoms with Crippen LogP contribution in [0, 0.1) is 6.92 Å². The van der Waals surface area contributed by atoms with Gasteiger partial charge in [-0.3, -0.25) is 0 Å². The van der Waals surface area contributed by atoms with Crippen LogP contribution in [0.3, 0.4) is 0 Å². The molecule has 0 aliphatic rings. The number of aliphatic hydroxyl groups excluding tert-OH is 1. The maximum atomic E-state index is 8.56. The normalized spacial score (nSPS) is 10.2. The highest BCUT2D eigenvalue weighted by Gasteiger charge is 1.96. The van der Waals surface area contributed by atoms with Gasteiger partial charge in [0.05, 0.1) is 0 Å². The maximum absolute atomic E-state index is 8.56. The van der Waals surface area contributed by atoms with Crippen LogP contribution in [-0.2, 0) is 6.42 Å². The Labute approximate surface area is 65.3 Å². The lowest BCUT2D eigenvalue weighted by Gasteiger charge is -1.95. The third-order valence-corrected chi connectivity index (χ3v) is 2.48. The van der Waals surface area contributed by atoms with E-state index < -0.39 is 0 Å². The summed E-state index contributed by atoms with van der Waals surface area (Å²) in [6, 6.07) is 0. The largest absolute Gasteiger partial charge is 0.396 e. The van der Waals surface area contributed by atoms with E-state index in [4.69, 9.17) is 5.11 Å². The third kappa shape index (κ3) is 1.82. The van der Waals surface area contributed by atoms with Crippen molar-refractivity contribution in [2.24, 2.45) is 0 Å². The molecule has 56 valence electrons. The summed E-state index contributed by atoms with van der Waals surface area (Å²) < 4.78 is 0. The molecule has 0 fully saturated rings. The average Bonchev–Trinajstić information content (AvgIpc) is 2.31. The molecule has 0 aliphatic carbocycles. The molecule has 0 bridgehead atoms. The van der Waals surface area contributed by atoms with Gasteiger partial charge in [-0.05, 0) is 41.7 Å². The summed E-state index contributed by atoms with van der Waals surface area (Å²) in [6.45, 7) is 2.42. The van der Waals surface area contributed by atoms with Gasteiger partial charge in [0.2, 0.25) is 0 Å². The number of aryl methyl sites for hydroxylation is 2. The molecule has 1 aromatic rings. The van der Waals surface area contributed by atoms with Crippen molar-refractivity contribution in [3.63, 3.8) is 0 Å². The van der Waals surface area contributed by atoms with Gasteiger partial charge in [0, 0.05) is 6.61 Å². The molecular weight excluding hydrogens is 144 g/mol. The van der Waals surface area contributed by atoms with Crippen molar-refractivity contribution in [2.75, 3.05) is 6.61 Å². The van der Waals surface area contributed by atoms with Crippen LogP contribution >= 0.6 is 11.3 Å². The molecule has 1 aromatic heterocycles. The second kappa shape index (κ2) is 3.74. The minimum Gasteiger partial charge on any atom is -0.396 e. The van der Waals surface area contributed by atoms with Crippen molar-refractivity contribution in [1.82, 2.24) is 0 Å². The lowest BCUT2D eigenvalue weighted by molar-refractivity contribution is 0.288. The Morgan fingerprint density at radius 2 is 2.30 bits per heavy atom. The molecule has 0 aromatic carbocycles. The average molecular weight is 156 g/mol. The monoisotopic (exact) mass is 156 g/mol. The minimum absolute atomic E-state index is 0.301. The van der Waals surface area contributed by atoms with Gasteiger partial charge in [0.25, 0.3) is 0 Å². The molecule has 0 amide bonds. The molecule has 0 spiro atoms. The third-order valence-electron chi connectivity index (χ3n) is 1.57. The van der Waals surface area contributed by atoms with Gasteiger partial charge in [0.15, 0.2) is 0 Å². The second-order valence-electron chi connectivity index (χ2n) is 2.41. The summed E-state index contributed by atoms with van der Waals surface area (Å²) in [5, 5.41) is 12.9. The fourth-order valence-electron chi connectivity index (χ4n) is 0.912. The topological polar surface area (TPSA) is 20.2 Å². The maximum Gasteiger partial charge on any atom is 0.0434 e. The second-order valence-corrected chi connectivity index (χ2v) is 3.15. The van der Waals surface area contributed by atoms with Gasteiger partial charge in [-0.2, -0.15) is 11.3 Å². The molecule has 1 rings (SSSR count). The number of hydrogen-bond acceptors (Lipinski definition) is 2. The van der Waals surface area contributed by atoms with Gasteiger partial charge >= 0.3 is 0 Å². The quantitative estimate of drug-likeness (QED) is 0.709. The summed E-state index contributed by atoms with van der Waals surface area (Å²) in [5.41, 5.74) is 2.75. The number of thiophene rings is 1. The first kappa shape index (κ1) is 7.76. The zero-order valence-corrected chi connectivity index (χ0v) is 6.95. The molecule has 2 heteroatoms. The van der Waals surface area contributed by atoms with E-state index in [9.17, 15) is 0 Å². The lowest BCUT2D eigenvalue weighted by Crippen LogP contribution is -1.88. The smallest absolute Gasteiger partial charge is 0.0434 e. The molecule has 0 aliphatic heterocycles. The van der Waals surface area contributed by atoms with Crippen LogP contribution in [-0.4, -0.2) is 11.7 Å². The summed E-state index contributed by atoms with van der Waals surface area (Å²) >= 11 is 1.74. The van der Waals surface area contributed by atoms with Crippen LogP contribution in [0.15, 0.2) is 10.8 Å². The first-order valence-electron chi connectivity index (χ1n) is 3.47. The van der Waals surface area contributed by atoms with Gasteiger partial charge in [0.1, 0.15) is 0 Å².